The maximum atomic E-state index is 5.94. The summed E-state index contributed by atoms with van der Waals surface area (Å²) in [7, 11) is 0. The van der Waals surface area contributed by atoms with Crippen LogP contribution in [-0.2, 0) is 4.74 Å². The highest BCUT2D eigenvalue weighted by Gasteiger charge is 2.22. The van der Waals surface area contributed by atoms with Gasteiger partial charge in [-0.15, -0.1) is 24.8 Å². The van der Waals surface area contributed by atoms with E-state index in [1.54, 1.807) is 6.20 Å². The van der Waals surface area contributed by atoms with Crippen LogP contribution in [-0.4, -0.2) is 35.3 Å². The van der Waals surface area contributed by atoms with E-state index < -0.39 is 0 Å². The van der Waals surface area contributed by atoms with Gasteiger partial charge in [0.2, 0.25) is 0 Å². The number of nitrogens with zero attached hydrogens (tertiary/aromatic N) is 2. The molecule has 16 heavy (non-hydrogen) atoms. The third-order valence-electron chi connectivity index (χ3n) is 2.32. The number of halogens is 2. The van der Waals surface area contributed by atoms with Crippen molar-refractivity contribution in [1.29, 1.82) is 0 Å². The van der Waals surface area contributed by atoms with E-state index in [2.05, 4.69) is 15.3 Å². The summed E-state index contributed by atoms with van der Waals surface area (Å²) in [6, 6.07) is 2.11. The highest BCUT2D eigenvalue weighted by molar-refractivity contribution is 5.85. The average molecular weight is 267 g/mol. The molecule has 0 bridgehead atoms. The largest absolute Gasteiger partial charge is 0.379 e. The van der Waals surface area contributed by atoms with Crippen LogP contribution in [0.15, 0.2) is 18.6 Å². The first-order valence-electron chi connectivity index (χ1n) is 4.72. The molecule has 1 aromatic rings. The fourth-order valence-corrected chi connectivity index (χ4v) is 1.47. The molecule has 0 aliphatic carbocycles. The van der Waals surface area contributed by atoms with Gasteiger partial charge >= 0.3 is 0 Å². The molecule has 2 heterocycles. The molecule has 3 N–H and O–H groups in total. The molecule has 0 amide bonds. The molecule has 1 saturated heterocycles. The molecule has 0 radical (unpaired) electrons. The Bertz CT molecular complexity index is 288. The van der Waals surface area contributed by atoms with Gasteiger partial charge in [-0.1, -0.05) is 0 Å². The molecule has 2 rings (SSSR count). The fourth-order valence-electron chi connectivity index (χ4n) is 1.47. The number of anilines is 1. The molecule has 1 aliphatic heterocycles. The first kappa shape index (κ1) is 15.4. The van der Waals surface area contributed by atoms with Gasteiger partial charge < -0.3 is 15.8 Å². The molecule has 2 atom stereocenters. The lowest BCUT2D eigenvalue weighted by Crippen LogP contribution is -2.47. The van der Waals surface area contributed by atoms with Gasteiger partial charge in [-0.05, 0) is 12.5 Å². The Kier molecular flexibility index (Phi) is 7.33. The van der Waals surface area contributed by atoms with Gasteiger partial charge in [-0.3, -0.25) is 0 Å². The summed E-state index contributed by atoms with van der Waals surface area (Å²) >= 11 is 0. The summed E-state index contributed by atoms with van der Waals surface area (Å²) < 4.78 is 5.34. The van der Waals surface area contributed by atoms with E-state index in [0.29, 0.717) is 6.61 Å². The van der Waals surface area contributed by atoms with Gasteiger partial charge in [-0.25, -0.2) is 9.97 Å². The number of nitrogens with one attached hydrogen (secondary N) is 1. The quantitative estimate of drug-likeness (QED) is 0.831. The van der Waals surface area contributed by atoms with Gasteiger partial charge in [0.05, 0.1) is 12.6 Å². The first-order chi connectivity index (χ1) is 6.86. The van der Waals surface area contributed by atoms with Gasteiger partial charge in [0, 0.05) is 18.8 Å². The minimum atomic E-state index is 0. The van der Waals surface area contributed by atoms with Crippen LogP contribution in [0.1, 0.15) is 6.42 Å². The van der Waals surface area contributed by atoms with Crippen molar-refractivity contribution in [2.24, 2.45) is 5.73 Å². The van der Waals surface area contributed by atoms with Crippen LogP contribution in [0.4, 0.5) is 5.82 Å². The highest BCUT2D eigenvalue weighted by atomic mass is 35.5. The lowest BCUT2D eigenvalue weighted by Gasteiger charge is -2.29. The Balaban J connectivity index is 0.00000112. The maximum Gasteiger partial charge on any atom is 0.129 e. The molecule has 0 aromatic carbocycles. The zero-order chi connectivity index (χ0) is 9.80. The van der Waals surface area contributed by atoms with Crippen LogP contribution in [0.3, 0.4) is 0 Å². The number of aromatic nitrogens is 2. The van der Waals surface area contributed by atoms with Crippen molar-refractivity contribution in [3.63, 3.8) is 0 Å². The van der Waals surface area contributed by atoms with Gasteiger partial charge in [0.15, 0.2) is 0 Å². The van der Waals surface area contributed by atoms with Crippen LogP contribution >= 0.6 is 24.8 Å². The topological polar surface area (TPSA) is 73.1 Å². The minimum absolute atomic E-state index is 0. The minimum Gasteiger partial charge on any atom is -0.379 e. The van der Waals surface area contributed by atoms with Crippen molar-refractivity contribution in [1.82, 2.24) is 9.97 Å². The van der Waals surface area contributed by atoms with Crippen LogP contribution in [0.2, 0.25) is 0 Å². The summed E-state index contributed by atoms with van der Waals surface area (Å²) in [6.07, 6.45) is 4.10. The normalized spacial score (nSPS) is 23.8. The third kappa shape index (κ3) is 4.09. The summed E-state index contributed by atoms with van der Waals surface area (Å²) in [5.74, 6) is 0.797. The van der Waals surface area contributed by atoms with E-state index in [0.717, 1.165) is 18.8 Å². The second-order valence-corrected chi connectivity index (χ2v) is 3.37. The van der Waals surface area contributed by atoms with Crippen LogP contribution in [0, 0.1) is 0 Å². The van der Waals surface area contributed by atoms with Crippen molar-refractivity contribution in [3.8, 4) is 0 Å². The SMILES string of the molecule is Cl.Cl.N[C@@H]1CCOC[C@@H]1Nc1ccncn1. The molecule has 92 valence electrons. The predicted octanol–water partition coefficient (Wildman–Crippen LogP) is 0.848. The number of ether oxygens (including phenoxy) is 1. The molecule has 1 fully saturated rings. The number of hydrogen-bond acceptors (Lipinski definition) is 5. The monoisotopic (exact) mass is 266 g/mol. The standard InChI is InChI=1S/C9H14N4O.2ClH/c10-7-2-4-14-5-8(7)13-9-1-3-11-6-12-9;;/h1,3,6-8H,2,4-5,10H2,(H,11,12,13);2*1H/t7-,8+;;/m1../s1. The lowest BCUT2D eigenvalue weighted by atomic mass is 10.1. The van der Waals surface area contributed by atoms with Crippen LogP contribution < -0.4 is 11.1 Å². The molecule has 0 saturated carbocycles. The Hall–Kier alpha value is -0.620. The fraction of sp³-hybridized carbons (Fsp3) is 0.556. The maximum absolute atomic E-state index is 5.94. The summed E-state index contributed by atoms with van der Waals surface area (Å²) in [4.78, 5) is 7.92. The van der Waals surface area contributed by atoms with E-state index in [9.17, 15) is 0 Å². The molecule has 1 aliphatic rings. The molecule has 0 unspecified atom stereocenters. The van der Waals surface area contributed by atoms with E-state index in [1.807, 2.05) is 6.07 Å². The Morgan fingerprint density at radius 1 is 1.44 bits per heavy atom. The van der Waals surface area contributed by atoms with Gasteiger partial charge in [0.25, 0.3) is 0 Å². The smallest absolute Gasteiger partial charge is 0.129 e. The predicted molar refractivity (Wildman–Crippen MR) is 67.4 cm³/mol. The van der Waals surface area contributed by atoms with E-state index in [4.69, 9.17) is 10.5 Å². The van der Waals surface area contributed by atoms with E-state index in [1.165, 1.54) is 6.33 Å². The van der Waals surface area contributed by atoms with Crippen LogP contribution in [0.5, 0.6) is 0 Å². The number of nitrogens with two attached hydrogens (primary N) is 1. The second-order valence-electron chi connectivity index (χ2n) is 3.37. The van der Waals surface area contributed by atoms with Crippen molar-refractivity contribution in [2.45, 2.75) is 18.5 Å². The molecular weight excluding hydrogens is 251 g/mol. The van der Waals surface area contributed by atoms with Gasteiger partial charge in [0.1, 0.15) is 12.1 Å². The Labute approximate surface area is 107 Å². The lowest BCUT2D eigenvalue weighted by molar-refractivity contribution is 0.0767. The highest BCUT2D eigenvalue weighted by Crippen LogP contribution is 2.10. The van der Waals surface area contributed by atoms with E-state index >= 15 is 0 Å². The van der Waals surface area contributed by atoms with Gasteiger partial charge in [-0.2, -0.15) is 0 Å². The molecule has 7 heteroatoms. The number of rotatable bonds is 2. The summed E-state index contributed by atoms with van der Waals surface area (Å²) in [5.41, 5.74) is 5.94. The Morgan fingerprint density at radius 2 is 2.25 bits per heavy atom. The van der Waals surface area contributed by atoms with Crippen LogP contribution in [0.25, 0.3) is 0 Å². The average Bonchev–Trinajstić information content (AvgIpc) is 2.23. The second kappa shape index (κ2) is 7.62. The molecule has 5 nitrogen and oxygen atoms in total. The molecular formula is C9H16Cl2N4O. The van der Waals surface area contributed by atoms with Crippen molar-refractivity contribution < 1.29 is 4.74 Å². The number of hydrogen-bond donors (Lipinski definition) is 2. The molecule has 1 aromatic heterocycles. The van der Waals surface area contributed by atoms with E-state index in [-0.39, 0.29) is 36.9 Å². The molecule has 0 spiro atoms. The van der Waals surface area contributed by atoms with Crippen molar-refractivity contribution >= 4 is 30.6 Å². The third-order valence-corrected chi connectivity index (χ3v) is 2.32. The summed E-state index contributed by atoms with van der Waals surface area (Å²) in [6.45, 7) is 1.40. The first-order valence-corrected chi connectivity index (χ1v) is 4.72. The zero-order valence-electron chi connectivity index (χ0n) is 8.70. The zero-order valence-corrected chi connectivity index (χ0v) is 10.3. The van der Waals surface area contributed by atoms with Crippen molar-refractivity contribution in [3.05, 3.63) is 18.6 Å². The van der Waals surface area contributed by atoms with Crippen molar-refractivity contribution in [2.75, 3.05) is 18.5 Å². The summed E-state index contributed by atoms with van der Waals surface area (Å²) in [5, 5.41) is 3.23. The Morgan fingerprint density at radius 3 is 2.88 bits per heavy atom.